The molecule has 0 amide bonds. The van der Waals surface area contributed by atoms with Crippen LogP contribution in [0.2, 0.25) is 0 Å². The molecule has 3 rings (SSSR count). The molecule has 1 unspecified atom stereocenters. The Labute approximate surface area is 123 Å². The molecule has 0 aliphatic carbocycles. The highest BCUT2D eigenvalue weighted by Gasteiger charge is 2.35. The van der Waals surface area contributed by atoms with E-state index in [0.717, 1.165) is 12.8 Å². The molecule has 1 atom stereocenters. The summed E-state index contributed by atoms with van der Waals surface area (Å²) >= 11 is 0. The topological polar surface area (TPSA) is 81.0 Å². The van der Waals surface area contributed by atoms with Crippen LogP contribution < -0.4 is 0 Å². The standard InChI is InChI=1S/C13H17N5O2S/c1-17-9-7-16-13(17)12-11(14-5-6-15-12)10-4-3-8-18(10)21(2,19)20/h5-7,9-10H,3-4,8H2,1-2H3. The van der Waals surface area contributed by atoms with Gasteiger partial charge in [-0.3, -0.25) is 4.98 Å². The first-order valence-electron chi connectivity index (χ1n) is 6.74. The minimum Gasteiger partial charge on any atom is -0.333 e. The molecular formula is C13H17N5O2S. The molecular weight excluding hydrogens is 290 g/mol. The third-order valence-electron chi connectivity index (χ3n) is 3.70. The average molecular weight is 307 g/mol. The van der Waals surface area contributed by atoms with Gasteiger partial charge in [-0.25, -0.2) is 18.4 Å². The number of aryl methyl sites for hydroxylation is 1. The zero-order valence-electron chi connectivity index (χ0n) is 12.0. The van der Waals surface area contributed by atoms with Crippen molar-refractivity contribution in [1.29, 1.82) is 0 Å². The van der Waals surface area contributed by atoms with E-state index in [0.29, 0.717) is 23.8 Å². The van der Waals surface area contributed by atoms with Gasteiger partial charge < -0.3 is 4.57 Å². The Morgan fingerprint density at radius 3 is 2.62 bits per heavy atom. The maximum absolute atomic E-state index is 11.9. The lowest BCUT2D eigenvalue weighted by atomic mass is 10.1. The van der Waals surface area contributed by atoms with Gasteiger partial charge in [0.2, 0.25) is 10.0 Å². The lowest BCUT2D eigenvalue weighted by Crippen LogP contribution is -2.30. The van der Waals surface area contributed by atoms with Gasteiger partial charge in [-0.2, -0.15) is 4.31 Å². The number of sulfonamides is 1. The highest BCUT2D eigenvalue weighted by atomic mass is 32.2. The van der Waals surface area contributed by atoms with Gasteiger partial charge in [-0.05, 0) is 12.8 Å². The highest BCUT2D eigenvalue weighted by molar-refractivity contribution is 7.88. The molecule has 1 aliphatic rings. The van der Waals surface area contributed by atoms with E-state index in [9.17, 15) is 8.42 Å². The fourth-order valence-corrected chi connectivity index (χ4v) is 3.90. The predicted molar refractivity (Wildman–Crippen MR) is 77.8 cm³/mol. The van der Waals surface area contributed by atoms with E-state index in [1.54, 1.807) is 18.6 Å². The van der Waals surface area contributed by atoms with E-state index in [4.69, 9.17) is 0 Å². The summed E-state index contributed by atoms with van der Waals surface area (Å²) in [5.41, 5.74) is 1.32. The van der Waals surface area contributed by atoms with Crippen molar-refractivity contribution in [2.24, 2.45) is 7.05 Å². The van der Waals surface area contributed by atoms with Crippen LogP contribution in [0, 0.1) is 0 Å². The molecule has 7 nitrogen and oxygen atoms in total. The van der Waals surface area contributed by atoms with Crippen LogP contribution in [0.4, 0.5) is 0 Å². The molecule has 0 N–H and O–H groups in total. The van der Waals surface area contributed by atoms with Gasteiger partial charge in [-0.15, -0.1) is 0 Å². The van der Waals surface area contributed by atoms with Crippen molar-refractivity contribution in [3.8, 4) is 11.5 Å². The summed E-state index contributed by atoms with van der Waals surface area (Å²) in [5, 5.41) is 0. The molecule has 0 spiro atoms. The normalized spacial score (nSPS) is 20.0. The Balaban J connectivity index is 2.10. The van der Waals surface area contributed by atoms with E-state index in [-0.39, 0.29) is 6.04 Å². The van der Waals surface area contributed by atoms with Gasteiger partial charge >= 0.3 is 0 Å². The van der Waals surface area contributed by atoms with E-state index in [2.05, 4.69) is 15.0 Å². The van der Waals surface area contributed by atoms with Gasteiger partial charge in [-0.1, -0.05) is 0 Å². The molecule has 1 fully saturated rings. The van der Waals surface area contributed by atoms with E-state index >= 15 is 0 Å². The second-order valence-corrected chi connectivity index (χ2v) is 7.12. The molecule has 21 heavy (non-hydrogen) atoms. The van der Waals surface area contributed by atoms with Crippen molar-refractivity contribution in [2.75, 3.05) is 12.8 Å². The molecule has 1 saturated heterocycles. The Kier molecular flexibility index (Phi) is 3.50. The number of nitrogens with zero attached hydrogens (tertiary/aromatic N) is 5. The maximum atomic E-state index is 11.9. The molecule has 112 valence electrons. The molecule has 8 heteroatoms. The fraction of sp³-hybridized carbons (Fsp3) is 0.462. The second-order valence-electron chi connectivity index (χ2n) is 5.18. The first-order chi connectivity index (χ1) is 9.98. The smallest absolute Gasteiger partial charge is 0.211 e. The van der Waals surface area contributed by atoms with Crippen LogP contribution in [0.3, 0.4) is 0 Å². The molecule has 0 radical (unpaired) electrons. The summed E-state index contributed by atoms with van der Waals surface area (Å²) in [4.78, 5) is 13.1. The molecule has 2 aromatic rings. The van der Waals surface area contributed by atoms with Gasteiger partial charge in [0.25, 0.3) is 0 Å². The molecule has 0 saturated carbocycles. The number of rotatable bonds is 3. The number of aromatic nitrogens is 4. The third kappa shape index (κ3) is 2.56. The summed E-state index contributed by atoms with van der Waals surface area (Å²) in [6.07, 6.45) is 9.54. The van der Waals surface area contributed by atoms with Gasteiger partial charge in [0.1, 0.15) is 5.69 Å². The number of imidazole rings is 1. The van der Waals surface area contributed by atoms with Crippen molar-refractivity contribution >= 4 is 10.0 Å². The van der Waals surface area contributed by atoms with E-state index in [1.807, 2.05) is 17.8 Å². The predicted octanol–water partition coefficient (Wildman–Crippen LogP) is 0.974. The van der Waals surface area contributed by atoms with Crippen LogP contribution in [0.5, 0.6) is 0 Å². The monoisotopic (exact) mass is 307 g/mol. The minimum absolute atomic E-state index is 0.264. The maximum Gasteiger partial charge on any atom is 0.211 e. The third-order valence-corrected chi connectivity index (χ3v) is 4.99. The van der Waals surface area contributed by atoms with Crippen molar-refractivity contribution in [1.82, 2.24) is 23.8 Å². The molecule has 1 aliphatic heterocycles. The SMILES string of the molecule is Cn1ccnc1-c1nccnc1C1CCCN1S(C)(=O)=O. The molecule has 3 heterocycles. The van der Waals surface area contributed by atoms with E-state index < -0.39 is 10.0 Å². The van der Waals surface area contributed by atoms with Crippen LogP contribution in [-0.2, 0) is 17.1 Å². The van der Waals surface area contributed by atoms with Crippen LogP contribution in [0.25, 0.3) is 11.5 Å². The quantitative estimate of drug-likeness (QED) is 0.844. The van der Waals surface area contributed by atoms with Crippen LogP contribution in [0.1, 0.15) is 24.6 Å². The zero-order valence-corrected chi connectivity index (χ0v) is 12.8. The lowest BCUT2D eigenvalue weighted by Gasteiger charge is -2.22. The van der Waals surface area contributed by atoms with E-state index in [1.165, 1.54) is 10.6 Å². The summed E-state index contributed by atoms with van der Waals surface area (Å²) in [7, 11) is -1.38. The number of hydrogen-bond donors (Lipinski definition) is 0. The Bertz CT molecular complexity index is 755. The van der Waals surface area contributed by atoms with Crippen LogP contribution in [-0.4, -0.2) is 45.0 Å². The zero-order chi connectivity index (χ0) is 15.0. The highest BCUT2D eigenvalue weighted by Crippen LogP contribution is 2.36. The Hall–Kier alpha value is -1.80. The first kappa shape index (κ1) is 14.2. The second kappa shape index (κ2) is 5.19. The summed E-state index contributed by atoms with van der Waals surface area (Å²) < 4.78 is 27.2. The van der Waals surface area contributed by atoms with Crippen LogP contribution >= 0.6 is 0 Å². The van der Waals surface area contributed by atoms with Crippen molar-refractivity contribution in [3.63, 3.8) is 0 Å². The summed E-state index contributed by atoms with van der Waals surface area (Å²) in [5.74, 6) is 0.693. The Morgan fingerprint density at radius 1 is 1.19 bits per heavy atom. The largest absolute Gasteiger partial charge is 0.333 e. The van der Waals surface area contributed by atoms with Crippen molar-refractivity contribution < 1.29 is 8.42 Å². The summed E-state index contributed by atoms with van der Waals surface area (Å²) in [6, 6.07) is -0.264. The minimum atomic E-state index is -3.26. The molecule has 0 aromatic carbocycles. The molecule has 2 aromatic heterocycles. The van der Waals surface area contributed by atoms with Crippen LogP contribution in [0.15, 0.2) is 24.8 Å². The Morgan fingerprint density at radius 2 is 1.95 bits per heavy atom. The van der Waals surface area contributed by atoms with Crippen molar-refractivity contribution in [3.05, 3.63) is 30.5 Å². The van der Waals surface area contributed by atoms with Gasteiger partial charge in [0.15, 0.2) is 5.82 Å². The van der Waals surface area contributed by atoms with Crippen molar-refractivity contribution in [2.45, 2.75) is 18.9 Å². The fourth-order valence-electron chi connectivity index (χ4n) is 2.77. The first-order valence-corrected chi connectivity index (χ1v) is 8.58. The van der Waals surface area contributed by atoms with Gasteiger partial charge in [0, 0.05) is 38.4 Å². The van der Waals surface area contributed by atoms with Gasteiger partial charge in [0.05, 0.1) is 18.0 Å². The molecule has 0 bridgehead atoms. The average Bonchev–Trinajstić information content (AvgIpc) is 3.06. The summed E-state index contributed by atoms with van der Waals surface area (Å²) in [6.45, 7) is 0.528. The number of hydrogen-bond acceptors (Lipinski definition) is 5. The lowest BCUT2D eigenvalue weighted by molar-refractivity contribution is 0.394.